The number of fused-ring (bicyclic) bond motifs is 2. The van der Waals surface area contributed by atoms with Crippen molar-refractivity contribution in [2.24, 2.45) is 0 Å². The summed E-state index contributed by atoms with van der Waals surface area (Å²) in [7, 11) is 0. The summed E-state index contributed by atoms with van der Waals surface area (Å²) in [6, 6.07) is 16.2. The first-order valence-corrected chi connectivity index (χ1v) is 10.3. The molecule has 3 aromatic rings. The van der Waals surface area contributed by atoms with E-state index in [1.54, 1.807) is 12.1 Å². The fourth-order valence-electron chi connectivity index (χ4n) is 4.58. The summed E-state index contributed by atoms with van der Waals surface area (Å²) < 4.78 is 0. The SMILES string of the molecule is O=C(O)c1ccccc1-c1c2c(cc3cc(N4CCNCC4)ccc13)=CCCC=2. The van der Waals surface area contributed by atoms with Gasteiger partial charge in [0.15, 0.2) is 0 Å². The van der Waals surface area contributed by atoms with Crippen LogP contribution in [0.5, 0.6) is 0 Å². The minimum absolute atomic E-state index is 0.354. The van der Waals surface area contributed by atoms with Crippen molar-refractivity contribution in [2.45, 2.75) is 12.8 Å². The third-order valence-corrected chi connectivity index (χ3v) is 5.98. The van der Waals surface area contributed by atoms with E-state index in [2.05, 4.69) is 46.6 Å². The topological polar surface area (TPSA) is 52.6 Å². The molecule has 4 nitrogen and oxygen atoms in total. The summed E-state index contributed by atoms with van der Waals surface area (Å²) in [6.45, 7) is 4.01. The second-order valence-corrected chi connectivity index (χ2v) is 7.73. The molecule has 1 saturated heterocycles. The highest BCUT2D eigenvalue weighted by Crippen LogP contribution is 2.30. The van der Waals surface area contributed by atoms with Gasteiger partial charge >= 0.3 is 5.97 Å². The zero-order valence-electron chi connectivity index (χ0n) is 16.3. The van der Waals surface area contributed by atoms with Gasteiger partial charge in [-0.25, -0.2) is 4.79 Å². The van der Waals surface area contributed by atoms with Crippen LogP contribution in [0, 0.1) is 0 Å². The van der Waals surface area contributed by atoms with Gasteiger partial charge in [0, 0.05) is 31.9 Å². The number of carboxylic acid groups (broad SMARTS) is 1. The Morgan fingerprint density at radius 1 is 0.966 bits per heavy atom. The first-order valence-electron chi connectivity index (χ1n) is 10.3. The van der Waals surface area contributed by atoms with E-state index in [0.29, 0.717) is 5.56 Å². The number of benzene rings is 3. The lowest BCUT2D eigenvalue weighted by Gasteiger charge is -2.29. The van der Waals surface area contributed by atoms with Gasteiger partial charge in [-0.1, -0.05) is 36.4 Å². The molecule has 0 radical (unpaired) electrons. The number of carbonyl (C=O) groups is 1. The highest BCUT2D eigenvalue weighted by atomic mass is 16.4. The fourth-order valence-corrected chi connectivity index (χ4v) is 4.58. The second kappa shape index (κ2) is 7.37. The lowest BCUT2D eigenvalue weighted by Crippen LogP contribution is -2.43. The average Bonchev–Trinajstić information content (AvgIpc) is 2.77. The lowest BCUT2D eigenvalue weighted by atomic mass is 9.89. The van der Waals surface area contributed by atoms with Gasteiger partial charge in [0.05, 0.1) is 5.56 Å². The molecule has 0 saturated carbocycles. The van der Waals surface area contributed by atoms with Crippen LogP contribution in [0.1, 0.15) is 23.2 Å². The molecule has 2 aliphatic rings. The Kier molecular flexibility index (Phi) is 4.57. The molecule has 1 aliphatic heterocycles. The van der Waals surface area contributed by atoms with Gasteiger partial charge in [0.2, 0.25) is 0 Å². The number of nitrogens with one attached hydrogen (secondary N) is 1. The second-order valence-electron chi connectivity index (χ2n) is 7.73. The molecule has 4 heteroatoms. The number of anilines is 1. The van der Waals surface area contributed by atoms with Crippen LogP contribution >= 0.6 is 0 Å². The normalized spacial score (nSPS) is 16.1. The molecule has 0 aromatic heterocycles. The van der Waals surface area contributed by atoms with Crippen LogP contribution in [-0.4, -0.2) is 37.3 Å². The predicted molar refractivity (Wildman–Crippen MR) is 119 cm³/mol. The van der Waals surface area contributed by atoms with Gasteiger partial charge < -0.3 is 15.3 Å². The summed E-state index contributed by atoms with van der Waals surface area (Å²) in [6.07, 6.45) is 6.54. The Hall–Kier alpha value is -3.11. The summed E-state index contributed by atoms with van der Waals surface area (Å²) in [5.41, 5.74) is 3.42. The fraction of sp³-hybridized carbons (Fsp3) is 0.240. The number of hydrogen-bond donors (Lipinski definition) is 2. The van der Waals surface area contributed by atoms with Crippen LogP contribution in [0.2, 0.25) is 0 Å². The van der Waals surface area contributed by atoms with Crippen molar-refractivity contribution in [3.05, 3.63) is 64.5 Å². The molecular weight excluding hydrogens is 360 g/mol. The molecule has 146 valence electrons. The van der Waals surface area contributed by atoms with Gasteiger partial charge in [0.1, 0.15) is 0 Å². The average molecular weight is 384 g/mol. The van der Waals surface area contributed by atoms with Gasteiger partial charge in [-0.05, 0) is 69.4 Å². The molecule has 0 spiro atoms. The maximum absolute atomic E-state index is 11.9. The van der Waals surface area contributed by atoms with Crippen molar-refractivity contribution in [3.63, 3.8) is 0 Å². The van der Waals surface area contributed by atoms with Crippen molar-refractivity contribution in [2.75, 3.05) is 31.1 Å². The van der Waals surface area contributed by atoms with Crippen LogP contribution in [0.25, 0.3) is 34.1 Å². The third kappa shape index (κ3) is 3.19. The standard InChI is InChI=1S/C25H24N2O2/c28-25(29)23-8-4-3-7-22(23)24-20-6-2-1-5-17(20)15-18-16-19(9-10-21(18)24)27-13-11-26-12-14-27/h3-10,15-16,26H,1-2,11-14H2,(H,28,29). The molecule has 1 heterocycles. The van der Waals surface area contributed by atoms with Crippen LogP contribution in [-0.2, 0) is 0 Å². The summed E-state index contributed by atoms with van der Waals surface area (Å²) >= 11 is 0. The molecular formula is C25H24N2O2. The Balaban J connectivity index is 1.80. The third-order valence-electron chi connectivity index (χ3n) is 5.98. The number of rotatable bonds is 3. The minimum atomic E-state index is -0.886. The summed E-state index contributed by atoms with van der Waals surface area (Å²) in [4.78, 5) is 14.3. The van der Waals surface area contributed by atoms with Crippen molar-refractivity contribution >= 4 is 34.6 Å². The molecule has 0 amide bonds. The Morgan fingerprint density at radius 2 is 1.76 bits per heavy atom. The van der Waals surface area contributed by atoms with E-state index in [-0.39, 0.29) is 0 Å². The van der Waals surface area contributed by atoms with E-state index >= 15 is 0 Å². The molecule has 29 heavy (non-hydrogen) atoms. The van der Waals surface area contributed by atoms with E-state index in [1.165, 1.54) is 16.3 Å². The molecule has 5 rings (SSSR count). The number of aromatic carboxylic acids is 1. The van der Waals surface area contributed by atoms with Gasteiger partial charge in [0.25, 0.3) is 0 Å². The molecule has 0 unspecified atom stereocenters. The number of carboxylic acids is 1. The Labute approximate surface area is 169 Å². The largest absolute Gasteiger partial charge is 0.478 e. The van der Waals surface area contributed by atoms with Crippen LogP contribution in [0.3, 0.4) is 0 Å². The van der Waals surface area contributed by atoms with Gasteiger partial charge in [-0.3, -0.25) is 0 Å². The number of piperazine rings is 1. The minimum Gasteiger partial charge on any atom is -0.478 e. The smallest absolute Gasteiger partial charge is 0.336 e. The zero-order chi connectivity index (χ0) is 19.8. The van der Waals surface area contributed by atoms with E-state index in [1.807, 2.05) is 12.1 Å². The van der Waals surface area contributed by atoms with Gasteiger partial charge in [-0.15, -0.1) is 0 Å². The summed E-state index contributed by atoms with van der Waals surface area (Å²) in [5.74, 6) is -0.886. The molecule has 1 aliphatic carbocycles. The molecule has 0 bridgehead atoms. The van der Waals surface area contributed by atoms with Crippen molar-refractivity contribution < 1.29 is 9.90 Å². The molecule has 0 atom stereocenters. The Morgan fingerprint density at radius 3 is 2.59 bits per heavy atom. The monoisotopic (exact) mass is 384 g/mol. The van der Waals surface area contributed by atoms with E-state index in [9.17, 15) is 9.90 Å². The number of hydrogen-bond acceptors (Lipinski definition) is 3. The van der Waals surface area contributed by atoms with Crippen LogP contribution in [0.4, 0.5) is 5.69 Å². The highest BCUT2D eigenvalue weighted by Gasteiger charge is 2.17. The summed E-state index contributed by atoms with van der Waals surface area (Å²) in [5, 5.41) is 17.8. The van der Waals surface area contributed by atoms with E-state index < -0.39 is 5.97 Å². The number of nitrogens with zero attached hydrogens (tertiary/aromatic N) is 1. The maximum Gasteiger partial charge on any atom is 0.336 e. The predicted octanol–water partition coefficient (Wildman–Crippen LogP) is 2.97. The van der Waals surface area contributed by atoms with Gasteiger partial charge in [-0.2, -0.15) is 0 Å². The maximum atomic E-state index is 11.9. The van der Waals surface area contributed by atoms with Crippen molar-refractivity contribution in [3.8, 4) is 11.1 Å². The van der Waals surface area contributed by atoms with Crippen LogP contribution < -0.4 is 20.7 Å². The molecule has 1 fully saturated rings. The van der Waals surface area contributed by atoms with Crippen molar-refractivity contribution in [1.29, 1.82) is 0 Å². The first-order chi connectivity index (χ1) is 14.2. The quantitative estimate of drug-likeness (QED) is 0.729. The first kappa shape index (κ1) is 18.0. The highest BCUT2D eigenvalue weighted by molar-refractivity contribution is 6.04. The lowest BCUT2D eigenvalue weighted by molar-refractivity contribution is 0.0697. The Bertz CT molecular complexity index is 1220. The van der Waals surface area contributed by atoms with Crippen LogP contribution in [0.15, 0.2) is 48.5 Å². The van der Waals surface area contributed by atoms with Crippen molar-refractivity contribution in [1.82, 2.24) is 5.32 Å². The van der Waals surface area contributed by atoms with E-state index in [0.717, 1.165) is 60.8 Å². The molecule has 3 aromatic carbocycles. The molecule has 2 N–H and O–H groups in total. The zero-order valence-corrected chi connectivity index (χ0v) is 16.3. The van der Waals surface area contributed by atoms with E-state index in [4.69, 9.17) is 0 Å².